The molecule has 0 spiro atoms. The fourth-order valence-electron chi connectivity index (χ4n) is 1.80. The van der Waals surface area contributed by atoms with Crippen LogP contribution in [0.3, 0.4) is 0 Å². The van der Waals surface area contributed by atoms with Gasteiger partial charge in [0.2, 0.25) is 0 Å². The second-order valence-electron chi connectivity index (χ2n) is 4.97. The first-order valence-corrected chi connectivity index (χ1v) is 11.2. The Morgan fingerprint density at radius 2 is 1.60 bits per heavy atom. The third-order valence-corrected chi connectivity index (χ3v) is 7.47. The van der Waals surface area contributed by atoms with Gasteiger partial charge in [0.05, 0.1) is 0 Å². The van der Waals surface area contributed by atoms with Crippen LogP contribution < -0.4 is 0 Å². The molecule has 0 saturated heterocycles. The third kappa shape index (κ3) is 5.27. The third-order valence-electron chi connectivity index (χ3n) is 2.00. The van der Waals surface area contributed by atoms with Gasteiger partial charge < -0.3 is 8.91 Å². The highest BCUT2D eigenvalue weighted by atomic mass is 28.4. The molecular formula is C11H20O2Si2. The van der Waals surface area contributed by atoms with Crippen molar-refractivity contribution >= 4 is 16.9 Å². The van der Waals surface area contributed by atoms with E-state index in [0.29, 0.717) is 0 Å². The Bertz CT molecular complexity index is 304. The summed E-state index contributed by atoms with van der Waals surface area (Å²) in [6.07, 6.45) is 0. The van der Waals surface area contributed by atoms with Gasteiger partial charge in [-0.25, -0.2) is 0 Å². The molecule has 0 bridgehead atoms. The van der Waals surface area contributed by atoms with Gasteiger partial charge in [0.1, 0.15) is 0 Å². The van der Waals surface area contributed by atoms with Crippen LogP contribution in [0.1, 0.15) is 5.56 Å². The summed E-state index contributed by atoms with van der Waals surface area (Å²) in [4.78, 5) is 9.78. The van der Waals surface area contributed by atoms with E-state index in [-0.39, 0.29) is 0 Å². The second-order valence-corrected chi connectivity index (χ2v) is 12.6. The number of rotatable bonds is 4. The highest BCUT2D eigenvalue weighted by Crippen LogP contribution is 2.17. The summed E-state index contributed by atoms with van der Waals surface area (Å²) < 4.78 is 5.86. The molecule has 1 N–H and O–H groups in total. The van der Waals surface area contributed by atoms with E-state index < -0.39 is 16.9 Å². The van der Waals surface area contributed by atoms with Crippen LogP contribution >= 0.6 is 0 Å². The molecule has 0 saturated carbocycles. The fraction of sp³-hybridized carbons (Fsp3) is 0.455. The minimum Gasteiger partial charge on any atom is -0.436 e. The summed E-state index contributed by atoms with van der Waals surface area (Å²) in [7, 11) is -4.15. The van der Waals surface area contributed by atoms with Crippen LogP contribution in [0.5, 0.6) is 0 Å². The van der Waals surface area contributed by atoms with Crippen molar-refractivity contribution in [1.29, 1.82) is 0 Å². The van der Waals surface area contributed by atoms with Crippen LogP contribution in [0.15, 0.2) is 30.3 Å². The summed E-state index contributed by atoms with van der Waals surface area (Å²) in [5, 5.41) is 0. The van der Waals surface area contributed by atoms with Crippen LogP contribution in [0.25, 0.3) is 0 Å². The maximum absolute atomic E-state index is 9.78. The molecule has 0 amide bonds. The summed E-state index contributed by atoms with van der Waals surface area (Å²) in [5.41, 5.74) is 1.30. The molecule has 0 aliphatic rings. The van der Waals surface area contributed by atoms with E-state index in [9.17, 15) is 4.80 Å². The molecule has 84 valence electrons. The van der Waals surface area contributed by atoms with Crippen molar-refractivity contribution in [1.82, 2.24) is 0 Å². The molecule has 15 heavy (non-hydrogen) atoms. The van der Waals surface area contributed by atoms with E-state index in [4.69, 9.17) is 4.12 Å². The maximum Gasteiger partial charge on any atom is 0.318 e. The fourth-order valence-corrected chi connectivity index (χ4v) is 8.72. The highest BCUT2D eigenvalue weighted by molar-refractivity contribution is 6.81. The largest absolute Gasteiger partial charge is 0.436 e. The molecule has 0 aliphatic heterocycles. The minimum absolute atomic E-state index is 0.963. The summed E-state index contributed by atoms with van der Waals surface area (Å²) in [6.45, 7) is 7.97. The van der Waals surface area contributed by atoms with Gasteiger partial charge in [-0.15, -0.1) is 0 Å². The molecule has 4 heteroatoms. The molecule has 1 aromatic carbocycles. The topological polar surface area (TPSA) is 29.5 Å². The zero-order chi connectivity index (χ0) is 11.5. The van der Waals surface area contributed by atoms with Crippen LogP contribution in [0.4, 0.5) is 0 Å². The zero-order valence-electron chi connectivity index (χ0n) is 9.95. The maximum atomic E-state index is 9.78. The summed E-state index contributed by atoms with van der Waals surface area (Å²) in [5.74, 6) is 0. The SMILES string of the molecule is C[Si](C)(O)O[Si](C)(C)Cc1ccccc1. The van der Waals surface area contributed by atoms with Gasteiger partial charge in [-0.2, -0.15) is 0 Å². The Balaban J connectivity index is 2.65. The molecule has 0 fully saturated rings. The Morgan fingerprint density at radius 3 is 2.07 bits per heavy atom. The van der Waals surface area contributed by atoms with Gasteiger partial charge in [-0.05, 0) is 37.8 Å². The van der Waals surface area contributed by atoms with E-state index in [2.05, 4.69) is 25.2 Å². The van der Waals surface area contributed by atoms with Crippen LogP contribution in [0.2, 0.25) is 26.2 Å². The normalized spacial score (nSPS) is 12.9. The van der Waals surface area contributed by atoms with Crippen LogP contribution in [-0.4, -0.2) is 21.7 Å². The molecule has 0 aromatic heterocycles. The Hall–Kier alpha value is -0.426. The quantitative estimate of drug-likeness (QED) is 0.820. The Labute approximate surface area is 94.3 Å². The predicted molar refractivity (Wildman–Crippen MR) is 68.4 cm³/mol. The average Bonchev–Trinajstić information content (AvgIpc) is 1.99. The first kappa shape index (κ1) is 12.6. The molecule has 0 unspecified atom stereocenters. The summed E-state index contributed by atoms with van der Waals surface area (Å²) in [6, 6.07) is 11.3. The Morgan fingerprint density at radius 1 is 1.07 bits per heavy atom. The van der Waals surface area contributed by atoms with Crippen LogP contribution in [0, 0.1) is 0 Å². The Kier molecular flexibility index (Phi) is 3.89. The van der Waals surface area contributed by atoms with Crippen molar-refractivity contribution < 1.29 is 8.91 Å². The van der Waals surface area contributed by atoms with Crippen molar-refractivity contribution in [2.75, 3.05) is 0 Å². The van der Waals surface area contributed by atoms with Crippen molar-refractivity contribution in [2.45, 2.75) is 32.2 Å². The highest BCUT2D eigenvalue weighted by Gasteiger charge is 2.31. The van der Waals surface area contributed by atoms with E-state index in [1.165, 1.54) is 5.56 Å². The van der Waals surface area contributed by atoms with Crippen molar-refractivity contribution in [3.05, 3.63) is 35.9 Å². The van der Waals surface area contributed by atoms with Crippen molar-refractivity contribution in [3.8, 4) is 0 Å². The van der Waals surface area contributed by atoms with Gasteiger partial charge >= 0.3 is 8.56 Å². The lowest BCUT2D eigenvalue weighted by molar-refractivity contribution is 0.385. The molecule has 1 rings (SSSR count). The molecule has 1 aromatic rings. The van der Waals surface area contributed by atoms with E-state index in [1.54, 1.807) is 0 Å². The molecule has 2 nitrogen and oxygen atoms in total. The number of hydrogen-bond acceptors (Lipinski definition) is 2. The lowest BCUT2D eigenvalue weighted by Crippen LogP contribution is -2.46. The smallest absolute Gasteiger partial charge is 0.318 e. The first-order chi connectivity index (χ1) is 6.79. The van der Waals surface area contributed by atoms with Gasteiger partial charge in [-0.3, -0.25) is 0 Å². The standard InChI is InChI=1S/C11H20O2Si2/c1-14(2,13-15(3,4)12)10-11-8-6-5-7-9-11/h5-9,12H,10H2,1-4H3. The molecule has 0 aliphatic carbocycles. The number of hydrogen-bond donors (Lipinski definition) is 1. The summed E-state index contributed by atoms with van der Waals surface area (Å²) >= 11 is 0. The first-order valence-electron chi connectivity index (χ1n) is 5.25. The lowest BCUT2D eigenvalue weighted by Gasteiger charge is -2.29. The minimum atomic E-state index is -2.38. The molecule has 0 radical (unpaired) electrons. The van der Waals surface area contributed by atoms with Crippen molar-refractivity contribution in [3.63, 3.8) is 0 Å². The molecule has 0 atom stereocenters. The zero-order valence-corrected chi connectivity index (χ0v) is 11.9. The second kappa shape index (κ2) is 4.61. The van der Waals surface area contributed by atoms with Gasteiger partial charge in [-0.1, -0.05) is 30.3 Å². The average molecular weight is 240 g/mol. The molecular weight excluding hydrogens is 220 g/mol. The van der Waals surface area contributed by atoms with Gasteiger partial charge in [0, 0.05) is 0 Å². The van der Waals surface area contributed by atoms with E-state index >= 15 is 0 Å². The molecule has 0 heterocycles. The predicted octanol–water partition coefficient (Wildman–Crippen LogP) is 2.68. The van der Waals surface area contributed by atoms with Crippen LogP contribution in [-0.2, 0) is 10.2 Å². The van der Waals surface area contributed by atoms with E-state index in [0.717, 1.165) is 6.04 Å². The van der Waals surface area contributed by atoms with Crippen molar-refractivity contribution in [2.24, 2.45) is 0 Å². The van der Waals surface area contributed by atoms with Gasteiger partial charge in [0.25, 0.3) is 0 Å². The van der Waals surface area contributed by atoms with E-state index in [1.807, 2.05) is 31.3 Å². The number of benzene rings is 1. The van der Waals surface area contributed by atoms with Gasteiger partial charge in [0.15, 0.2) is 8.32 Å². The monoisotopic (exact) mass is 240 g/mol. The lowest BCUT2D eigenvalue weighted by atomic mass is 10.2.